The van der Waals surface area contributed by atoms with Crippen molar-refractivity contribution in [2.75, 3.05) is 4.90 Å². The molecular formula is C55H37NS. The summed E-state index contributed by atoms with van der Waals surface area (Å²) in [5, 5.41) is 5.31. The maximum absolute atomic E-state index is 2.47. The van der Waals surface area contributed by atoms with Gasteiger partial charge in [-0.15, -0.1) is 11.3 Å². The molecule has 0 bridgehead atoms. The van der Waals surface area contributed by atoms with Crippen molar-refractivity contribution in [1.82, 2.24) is 0 Å². The molecule has 2 heteroatoms. The van der Waals surface area contributed by atoms with E-state index in [9.17, 15) is 0 Å². The molecule has 0 atom stereocenters. The lowest BCUT2D eigenvalue weighted by Gasteiger charge is -2.29. The first-order valence-electron chi connectivity index (χ1n) is 19.8. The normalized spacial score (nSPS) is 13.2. The molecule has 2 aliphatic rings. The van der Waals surface area contributed by atoms with Crippen LogP contribution in [0.5, 0.6) is 0 Å². The molecule has 10 aromatic rings. The van der Waals surface area contributed by atoms with Crippen molar-refractivity contribution in [1.29, 1.82) is 0 Å². The number of benzene rings is 9. The van der Waals surface area contributed by atoms with E-state index in [0.717, 1.165) is 11.4 Å². The predicted octanol–water partition coefficient (Wildman–Crippen LogP) is 16.0. The Bertz CT molecular complexity index is 3230. The van der Waals surface area contributed by atoms with Crippen LogP contribution < -0.4 is 4.90 Å². The lowest BCUT2D eigenvalue weighted by atomic mass is 9.82. The molecule has 0 spiro atoms. The van der Waals surface area contributed by atoms with E-state index >= 15 is 0 Å². The van der Waals surface area contributed by atoms with Crippen LogP contribution in [0.4, 0.5) is 17.1 Å². The van der Waals surface area contributed by atoms with Gasteiger partial charge in [0.15, 0.2) is 0 Å². The summed E-state index contributed by atoms with van der Waals surface area (Å²) in [7, 11) is 0. The van der Waals surface area contributed by atoms with E-state index in [1.807, 2.05) is 11.3 Å². The molecule has 0 amide bonds. The van der Waals surface area contributed by atoms with Crippen LogP contribution in [0.15, 0.2) is 188 Å². The second-order valence-electron chi connectivity index (χ2n) is 16.0. The minimum atomic E-state index is -0.0975. The summed E-state index contributed by atoms with van der Waals surface area (Å²) in [6, 6.07) is 70.0. The van der Waals surface area contributed by atoms with E-state index < -0.39 is 0 Å². The van der Waals surface area contributed by atoms with Crippen LogP contribution in [0, 0.1) is 0 Å². The van der Waals surface area contributed by atoms with Gasteiger partial charge in [-0.25, -0.2) is 0 Å². The SMILES string of the molecule is CC1(C)c2ccccc2-c2c(N(c3ccc(-c4ccc5c6c(cccc46)-c4ccccc4-5)cc3)c3ccc(-c4cccc5c4sc4ccccc45)cc3)cccc21. The molecule has 0 radical (unpaired) electrons. The number of thiophene rings is 1. The van der Waals surface area contributed by atoms with Gasteiger partial charge in [-0.2, -0.15) is 0 Å². The first kappa shape index (κ1) is 32.5. The quantitative estimate of drug-likeness (QED) is 0.170. The third kappa shape index (κ3) is 4.68. The number of fused-ring (bicyclic) bond motifs is 9. The highest BCUT2D eigenvalue weighted by Crippen LogP contribution is 2.55. The lowest BCUT2D eigenvalue weighted by molar-refractivity contribution is 0.660. The molecule has 0 saturated heterocycles. The Morgan fingerprint density at radius 3 is 1.67 bits per heavy atom. The Balaban J connectivity index is 1.01. The van der Waals surface area contributed by atoms with Crippen molar-refractivity contribution in [3.63, 3.8) is 0 Å². The minimum Gasteiger partial charge on any atom is -0.310 e. The third-order valence-electron chi connectivity index (χ3n) is 12.7. The Hall–Kier alpha value is -6.74. The zero-order chi connectivity index (χ0) is 37.8. The van der Waals surface area contributed by atoms with Gasteiger partial charge >= 0.3 is 0 Å². The van der Waals surface area contributed by atoms with Crippen LogP contribution in [0.25, 0.3) is 86.6 Å². The standard InChI is InChI=1S/C55H37NS/c1-55(2)48-20-7-5-15-47(48)53-49(55)21-11-22-50(53)56(37-30-26-35(27-31-37)39-16-9-19-46-42-14-6-8-23-51(42)57-54(39)46)36-28-24-34(25-29-36)38-32-33-45-41-13-4-3-12-40(41)44-18-10-17-43(38)52(44)45/h3-33H,1-2H3. The summed E-state index contributed by atoms with van der Waals surface area (Å²) in [5.74, 6) is 0. The molecule has 1 nitrogen and oxygen atoms in total. The fraction of sp³-hybridized carbons (Fsp3) is 0.0545. The maximum Gasteiger partial charge on any atom is 0.0543 e. The molecule has 9 aromatic carbocycles. The molecular weight excluding hydrogens is 707 g/mol. The Kier molecular flexibility index (Phi) is 6.91. The first-order chi connectivity index (χ1) is 28.0. The fourth-order valence-electron chi connectivity index (χ4n) is 9.96. The number of anilines is 3. The summed E-state index contributed by atoms with van der Waals surface area (Å²) in [6.07, 6.45) is 0. The summed E-state index contributed by atoms with van der Waals surface area (Å²) in [4.78, 5) is 2.47. The van der Waals surface area contributed by atoms with E-state index in [1.54, 1.807) is 0 Å². The molecule has 0 N–H and O–H groups in total. The molecule has 1 heterocycles. The van der Waals surface area contributed by atoms with Crippen molar-refractivity contribution >= 4 is 59.3 Å². The monoisotopic (exact) mass is 743 g/mol. The summed E-state index contributed by atoms with van der Waals surface area (Å²) in [6.45, 7) is 4.72. The second kappa shape index (κ2) is 12.1. The van der Waals surface area contributed by atoms with Crippen LogP contribution >= 0.6 is 11.3 Å². The van der Waals surface area contributed by atoms with Gasteiger partial charge < -0.3 is 4.90 Å². The number of nitrogens with zero attached hydrogens (tertiary/aromatic N) is 1. The second-order valence-corrected chi connectivity index (χ2v) is 17.1. The number of rotatable bonds is 5. The maximum atomic E-state index is 2.47. The van der Waals surface area contributed by atoms with Gasteiger partial charge in [-0.1, -0.05) is 166 Å². The fourth-order valence-corrected chi connectivity index (χ4v) is 11.2. The van der Waals surface area contributed by atoms with Crippen molar-refractivity contribution in [3.8, 4) is 55.6 Å². The Morgan fingerprint density at radius 1 is 0.386 bits per heavy atom. The molecule has 0 unspecified atom stereocenters. The molecule has 0 aliphatic heterocycles. The zero-order valence-corrected chi connectivity index (χ0v) is 32.6. The molecule has 1 aromatic heterocycles. The Morgan fingerprint density at radius 2 is 0.912 bits per heavy atom. The van der Waals surface area contributed by atoms with Crippen LogP contribution in [0.1, 0.15) is 25.0 Å². The van der Waals surface area contributed by atoms with Gasteiger partial charge in [-0.3, -0.25) is 0 Å². The average Bonchev–Trinajstić information content (AvgIpc) is 3.89. The highest BCUT2D eigenvalue weighted by molar-refractivity contribution is 7.26. The smallest absolute Gasteiger partial charge is 0.0543 e. The summed E-state index contributed by atoms with van der Waals surface area (Å²) in [5.41, 5.74) is 19.0. The van der Waals surface area contributed by atoms with E-state index in [2.05, 4.69) is 207 Å². The summed E-state index contributed by atoms with van der Waals surface area (Å²) >= 11 is 1.89. The zero-order valence-electron chi connectivity index (χ0n) is 31.8. The van der Waals surface area contributed by atoms with E-state index in [4.69, 9.17) is 0 Å². The van der Waals surface area contributed by atoms with Crippen LogP contribution in [-0.4, -0.2) is 0 Å². The first-order valence-corrected chi connectivity index (χ1v) is 20.7. The van der Waals surface area contributed by atoms with Gasteiger partial charge in [0.25, 0.3) is 0 Å². The molecule has 268 valence electrons. The highest BCUT2D eigenvalue weighted by atomic mass is 32.1. The lowest BCUT2D eigenvalue weighted by Crippen LogP contribution is -2.16. The molecule has 0 fully saturated rings. The number of hydrogen-bond acceptors (Lipinski definition) is 2. The van der Waals surface area contributed by atoms with Crippen molar-refractivity contribution in [3.05, 3.63) is 199 Å². The topological polar surface area (TPSA) is 3.24 Å². The van der Waals surface area contributed by atoms with Crippen LogP contribution in [0.3, 0.4) is 0 Å². The summed E-state index contributed by atoms with van der Waals surface area (Å²) < 4.78 is 2.67. The highest BCUT2D eigenvalue weighted by Gasteiger charge is 2.37. The van der Waals surface area contributed by atoms with E-state index in [0.29, 0.717) is 0 Å². The van der Waals surface area contributed by atoms with Crippen molar-refractivity contribution in [2.24, 2.45) is 0 Å². The number of hydrogen-bond donors (Lipinski definition) is 0. The van der Waals surface area contributed by atoms with Crippen molar-refractivity contribution < 1.29 is 0 Å². The van der Waals surface area contributed by atoms with E-state index in [-0.39, 0.29) is 5.41 Å². The molecule has 57 heavy (non-hydrogen) atoms. The van der Waals surface area contributed by atoms with Gasteiger partial charge in [0.05, 0.1) is 5.69 Å². The molecule has 2 aliphatic carbocycles. The van der Waals surface area contributed by atoms with E-state index in [1.165, 1.54) is 103 Å². The van der Waals surface area contributed by atoms with Gasteiger partial charge in [0.1, 0.15) is 0 Å². The van der Waals surface area contributed by atoms with Crippen LogP contribution in [-0.2, 0) is 5.41 Å². The Labute approximate surface area is 336 Å². The van der Waals surface area contributed by atoms with Crippen molar-refractivity contribution in [2.45, 2.75) is 19.3 Å². The molecule has 0 saturated carbocycles. The van der Waals surface area contributed by atoms with Gasteiger partial charge in [0, 0.05) is 42.5 Å². The third-order valence-corrected chi connectivity index (χ3v) is 13.9. The van der Waals surface area contributed by atoms with Gasteiger partial charge in [-0.05, 0) is 108 Å². The minimum absolute atomic E-state index is 0.0975. The van der Waals surface area contributed by atoms with Gasteiger partial charge in [0.2, 0.25) is 0 Å². The van der Waals surface area contributed by atoms with Crippen LogP contribution in [0.2, 0.25) is 0 Å². The average molecular weight is 744 g/mol. The molecule has 12 rings (SSSR count). The largest absolute Gasteiger partial charge is 0.310 e. The predicted molar refractivity (Wildman–Crippen MR) is 244 cm³/mol.